The zero-order chi connectivity index (χ0) is 8.97. The lowest BCUT2D eigenvalue weighted by molar-refractivity contribution is 0.205. The molecule has 0 aliphatic rings. The van der Waals surface area contributed by atoms with Gasteiger partial charge in [0.05, 0.1) is 13.2 Å². The van der Waals surface area contributed by atoms with Crippen LogP contribution in [-0.4, -0.2) is 35.7 Å². The van der Waals surface area contributed by atoms with Crippen LogP contribution < -0.4 is 10.9 Å². The molecule has 0 radical (unpaired) electrons. The summed E-state index contributed by atoms with van der Waals surface area (Å²) >= 11 is 0. The van der Waals surface area contributed by atoms with Crippen molar-refractivity contribution in [1.82, 2.24) is 15.4 Å². The molecule has 1 heterocycles. The van der Waals surface area contributed by atoms with E-state index in [2.05, 4.69) is 15.4 Å². The summed E-state index contributed by atoms with van der Waals surface area (Å²) in [7, 11) is 1.63. The third-order valence-corrected chi connectivity index (χ3v) is 1.51. The average molecular weight is 171 g/mol. The highest BCUT2D eigenvalue weighted by Gasteiger charge is 2.07. The van der Waals surface area contributed by atoms with Crippen molar-refractivity contribution in [2.24, 2.45) is 5.84 Å². The third kappa shape index (κ3) is 1.93. The zero-order valence-electron chi connectivity index (χ0n) is 7.24. The minimum atomic E-state index is 0.572. The van der Waals surface area contributed by atoms with Gasteiger partial charge >= 0.3 is 0 Å². The number of nitrogens with two attached hydrogens (primary N) is 1. The van der Waals surface area contributed by atoms with Crippen LogP contribution in [0.15, 0.2) is 0 Å². The molecule has 0 saturated heterocycles. The SMILES string of the molecule is COCCN(N)c1n[nH]nc1C. The highest BCUT2D eigenvalue weighted by Crippen LogP contribution is 2.08. The van der Waals surface area contributed by atoms with Gasteiger partial charge in [-0.05, 0) is 6.92 Å². The van der Waals surface area contributed by atoms with Crippen molar-refractivity contribution in [2.75, 3.05) is 25.3 Å². The Morgan fingerprint density at radius 1 is 1.58 bits per heavy atom. The predicted octanol–water partition coefficient (Wildman–Crippen LogP) is -0.560. The second-order valence-electron chi connectivity index (χ2n) is 2.42. The summed E-state index contributed by atoms with van der Waals surface area (Å²) in [5.41, 5.74) is 0.786. The normalized spacial score (nSPS) is 10.2. The lowest BCUT2D eigenvalue weighted by Gasteiger charge is -2.14. The van der Waals surface area contributed by atoms with E-state index >= 15 is 0 Å². The van der Waals surface area contributed by atoms with Crippen LogP contribution in [0.3, 0.4) is 0 Å². The van der Waals surface area contributed by atoms with Crippen LogP contribution >= 0.6 is 0 Å². The van der Waals surface area contributed by atoms with Crippen LogP contribution in [0.25, 0.3) is 0 Å². The number of hydrazine groups is 1. The van der Waals surface area contributed by atoms with Crippen molar-refractivity contribution in [2.45, 2.75) is 6.92 Å². The molecule has 0 spiro atoms. The van der Waals surface area contributed by atoms with Gasteiger partial charge in [-0.2, -0.15) is 10.3 Å². The maximum Gasteiger partial charge on any atom is 0.187 e. The molecule has 0 saturated carbocycles. The van der Waals surface area contributed by atoms with Crippen molar-refractivity contribution in [1.29, 1.82) is 0 Å². The van der Waals surface area contributed by atoms with Crippen LogP contribution in [0.1, 0.15) is 5.69 Å². The van der Waals surface area contributed by atoms with E-state index in [0.717, 1.165) is 5.69 Å². The van der Waals surface area contributed by atoms with E-state index in [1.807, 2.05) is 6.92 Å². The van der Waals surface area contributed by atoms with E-state index in [4.69, 9.17) is 10.6 Å². The maximum atomic E-state index is 5.66. The minimum Gasteiger partial charge on any atom is -0.383 e. The highest BCUT2D eigenvalue weighted by molar-refractivity contribution is 5.39. The van der Waals surface area contributed by atoms with Gasteiger partial charge in [-0.3, -0.25) is 5.01 Å². The number of nitrogens with one attached hydrogen (secondary N) is 1. The first kappa shape index (κ1) is 8.95. The van der Waals surface area contributed by atoms with Crippen LogP contribution in [0.4, 0.5) is 5.82 Å². The molecule has 0 aliphatic carbocycles. The van der Waals surface area contributed by atoms with E-state index in [1.54, 1.807) is 7.11 Å². The van der Waals surface area contributed by atoms with Gasteiger partial charge in [0.2, 0.25) is 0 Å². The molecule has 6 nitrogen and oxygen atoms in total. The Morgan fingerprint density at radius 3 is 2.83 bits per heavy atom. The van der Waals surface area contributed by atoms with Crippen molar-refractivity contribution < 1.29 is 4.74 Å². The number of methoxy groups -OCH3 is 1. The minimum absolute atomic E-state index is 0.572. The molecule has 0 aromatic carbocycles. The molecule has 1 rings (SSSR count). The van der Waals surface area contributed by atoms with Crippen LogP contribution in [0.2, 0.25) is 0 Å². The number of aromatic nitrogens is 3. The molecule has 0 aliphatic heterocycles. The summed E-state index contributed by atoms with van der Waals surface area (Å²) in [6.07, 6.45) is 0. The molecule has 0 unspecified atom stereocenters. The molecular weight excluding hydrogens is 158 g/mol. The third-order valence-electron chi connectivity index (χ3n) is 1.51. The molecule has 0 fully saturated rings. The fourth-order valence-electron chi connectivity index (χ4n) is 0.846. The molecule has 0 atom stereocenters. The number of H-pyrrole nitrogens is 1. The van der Waals surface area contributed by atoms with Crippen molar-refractivity contribution in [3.63, 3.8) is 0 Å². The van der Waals surface area contributed by atoms with E-state index in [0.29, 0.717) is 19.0 Å². The molecule has 68 valence electrons. The Balaban J connectivity index is 2.52. The number of aromatic amines is 1. The molecule has 6 heteroatoms. The average Bonchev–Trinajstić information content (AvgIpc) is 2.47. The number of aryl methyl sites for hydroxylation is 1. The monoisotopic (exact) mass is 171 g/mol. The fraction of sp³-hybridized carbons (Fsp3) is 0.667. The predicted molar refractivity (Wildman–Crippen MR) is 44.5 cm³/mol. The van der Waals surface area contributed by atoms with E-state index in [1.165, 1.54) is 5.01 Å². The molecule has 12 heavy (non-hydrogen) atoms. The maximum absolute atomic E-state index is 5.66. The number of rotatable bonds is 4. The van der Waals surface area contributed by atoms with Crippen LogP contribution in [0, 0.1) is 6.92 Å². The van der Waals surface area contributed by atoms with E-state index in [9.17, 15) is 0 Å². The Bertz CT molecular complexity index is 236. The van der Waals surface area contributed by atoms with Gasteiger partial charge in [-0.15, -0.1) is 5.10 Å². The summed E-state index contributed by atoms with van der Waals surface area (Å²) in [6.45, 7) is 3.01. The Hall–Kier alpha value is -1.14. The fourth-order valence-corrected chi connectivity index (χ4v) is 0.846. The summed E-state index contributed by atoms with van der Waals surface area (Å²) in [5.74, 6) is 6.32. The largest absolute Gasteiger partial charge is 0.383 e. The molecule has 0 bridgehead atoms. The first-order chi connectivity index (χ1) is 5.75. The summed E-state index contributed by atoms with van der Waals surface area (Å²) in [4.78, 5) is 0. The van der Waals surface area contributed by atoms with Gasteiger partial charge in [0.15, 0.2) is 5.82 Å². The second-order valence-corrected chi connectivity index (χ2v) is 2.42. The lowest BCUT2D eigenvalue weighted by Crippen LogP contribution is -2.34. The van der Waals surface area contributed by atoms with Crippen molar-refractivity contribution in [3.05, 3.63) is 5.69 Å². The topological polar surface area (TPSA) is 80.1 Å². The quantitative estimate of drug-likeness (QED) is 0.469. The van der Waals surface area contributed by atoms with Gasteiger partial charge in [-0.1, -0.05) is 0 Å². The van der Waals surface area contributed by atoms with Crippen molar-refractivity contribution in [3.8, 4) is 0 Å². The summed E-state index contributed by atoms with van der Waals surface area (Å²) in [6, 6.07) is 0. The number of ether oxygens (including phenoxy) is 1. The number of hydrogen-bond donors (Lipinski definition) is 2. The number of nitrogens with zero attached hydrogens (tertiary/aromatic N) is 3. The Kier molecular flexibility index (Phi) is 3.01. The van der Waals surface area contributed by atoms with Crippen molar-refractivity contribution >= 4 is 5.82 Å². The van der Waals surface area contributed by atoms with Gasteiger partial charge in [0.1, 0.15) is 5.69 Å². The number of hydrogen-bond acceptors (Lipinski definition) is 5. The standard InChI is InChI=1S/C6H13N5O/c1-5-6(9-10-8-5)11(7)3-4-12-2/h3-4,7H2,1-2H3,(H,8,9,10). The first-order valence-corrected chi connectivity index (χ1v) is 3.64. The highest BCUT2D eigenvalue weighted by atomic mass is 16.5. The molecule has 1 aromatic rings. The van der Waals surface area contributed by atoms with E-state index < -0.39 is 0 Å². The summed E-state index contributed by atoms with van der Waals surface area (Å²) in [5, 5.41) is 11.7. The van der Waals surface area contributed by atoms with E-state index in [-0.39, 0.29) is 0 Å². The second kappa shape index (κ2) is 4.03. The molecular formula is C6H13N5O. The van der Waals surface area contributed by atoms with Gasteiger partial charge in [0, 0.05) is 7.11 Å². The molecule has 1 aromatic heterocycles. The molecule has 0 amide bonds. The van der Waals surface area contributed by atoms with Gasteiger partial charge < -0.3 is 4.74 Å². The smallest absolute Gasteiger partial charge is 0.187 e. The first-order valence-electron chi connectivity index (χ1n) is 3.64. The van der Waals surface area contributed by atoms with Gasteiger partial charge in [0.25, 0.3) is 0 Å². The molecule has 3 N–H and O–H groups in total. The summed E-state index contributed by atoms with van der Waals surface area (Å²) < 4.78 is 4.87. The Labute approximate surface area is 70.7 Å². The lowest BCUT2D eigenvalue weighted by atomic mass is 10.4. The Morgan fingerprint density at radius 2 is 2.33 bits per heavy atom. The number of anilines is 1. The van der Waals surface area contributed by atoms with Crippen LogP contribution in [0.5, 0.6) is 0 Å². The zero-order valence-corrected chi connectivity index (χ0v) is 7.24. The van der Waals surface area contributed by atoms with Gasteiger partial charge in [-0.25, -0.2) is 5.84 Å². The van der Waals surface area contributed by atoms with Crippen LogP contribution in [-0.2, 0) is 4.74 Å².